The van der Waals surface area contributed by atoms with E-state index in [1.807, 2.05) is 7.05 Å². The Hall–Kier alpha value is -1.79. The van der Waals surface area contributed by atoms with Crippen molar-refractivity contribution >= 4 is 29.3 Å². The van der Waals surface area contributed by atoms with Gasteiger partial charge < -0.3 is 21.1 Å². The number of hydrogen-bond acceptors (Lipinski definition) is 3. The Balaban J connectivity index is 2.52. The monoisotopic (exact) mass is 285 g/mol. The number of hydrogen-bond donors (Lipinski definition) is 4. The molecule has 6 nitrogen and oxygen atoms in total. The van der Waals surface area contributed by atoms with Gasteiger partial charge in [-0.3, -0.25) is 0 Å². The van der Waals surface area contributed by atoms with Gasteiger partial charge in [-0.2, -0.15) is 0 Å². The van der Waals surface area contributed by atoms with E-state index in [9.17, 15) is 9.59 Å². The molecule has 0 saturated heterocycles. The number of halogens is 1. The van der Waals surface area contributed by atoms with Gasteiger partial charge in [0.1, 0.15) is 0 Å². The third-order valence-corrected chi connectivity index (χ3v) is 2.67. The van der Waals surface area contributed by atoms with Crippen LogP contribution in [0.4, 0.5) is 10.5 Å². The maximum Gasteiger partial charge on any atom is 0.335 e. The van der Waals surface area contributed by atoms with Gasteiger partial charge in [-0.25, -0.2) is 9.59 Å². The van der Waals surface area contributed by atoms with Gasteiger partial charge in [-0.1, -0.05) is 11.6 Å². The minimum Gasteiger partial charge on any atom is -0.478 e. The lowest BCUT2D eigenvalue weighted by atomic mass is 10.2. The van der Waals surface area contributed by atoms with Crippen molar-refractivity contribution in [1.29, 1.82) is 0 Å². The van der Waals surface area contributed by atoms with E-state index in [4.69, 9.17) is 16.7 Å². The number of carboxylic acids is 1. The molecule has 0 heterocycles. The molecule has 0 aliphatic heterocycles. The van der Waals surface area contributed by atoms with E-state index in [0.717, 1.165) is 13.0 Å². The second-order valence-electron chi connectivity index (χ2n) is 3.84. The number of anilines is 1. The van der Waals surface area contributed by atoms with Gasteiger partial charge in [-0.05, 0) is 38.2 Å². The molecule has 0 radical (unpaired) electrons. The molecule has 0 aliphatic rings. The Kier molecular flexibility index (Phi) is 6.11. The largest absolute Gasteiger partial charge is 0.478 e. The van der Waals surface area contributed by atoms with Gasteiger partial charge in [0.05, 0.1) is 16.3 Å². The number of carbonyl (C=O) groups is 2. The summed E-state index contributed by atoms with van der Waals surface area (Å²) >= 11 is 5.89. The Morgan fingerprint density at radius 3 is 2.63 bits per heavy atom. The van der Waals surface area contributed by atoms with E-state index >= 15 is 0 Å². The van der Waals surface area contributed by atoms with Crippen LogP contribution in [0.25, 0.3) is 0 Å². The van der Waals surface area contributed by atoms with E-state index in [0.29, 0.717) is 12.2 Å². The zero-order chi connectivity index (χ0) is 14.3. The minimum absolute atomic E-state index is 0.0741. The summed E-state index contributed by atoms with van der Waals surface area (Å²) in [4.78, 5) is 22.3. The molecule has 4 N–H and O–H groups in total. The molecular weight excluding hydrogens is 270 g/mol. The number of benzene rings is 1. The lowest BCUT2D eigenvalue weighted by Crippen LogP contribution is -2.30. The number of rotatable bonds is 6. The van der Waals surface area contributed by atoms with Crippen LogP contribution in [0.3, 0.4) is 0 Å². The molecule has 19 heavy (non-hydrogen) atoms. The van der Waals surface area contributed by atoms with Crippen molar-refractivity contribution in [2.75, 3.05) is 25.5 Å². The first kappa shape index (κ1) is 15.3. The van der Waals surface area contributed by atoms with Crippen molar-refractivity contribution in [2.24, 2.45) is 0 Å². The molecule has 0 spiro atoms. The maximum atomic E-state index is 11.5. The summed E-state index contributed by atoms with van der Waals surface area (Å²) in [5.74, 6) is -1.06. The summed E-state index contributed by atoms with van der Waals surface area (Å²) in [7, 11) is 1.84. The van der Waals surface area contributed by atoms with Crippen molar-refractivity contribution in [2.45, 2.75) is 6.42 Å². The molecule has 104 valence electrons. The number of amides is 2. The molecule has 7 heteroatoms. The lowest BCUT2D eigenvalue weighted by Gasteiger charge is -2.09. The maximum absolute atomic E-state index is 11.5. The van der Waals surface area contributed by atoms with Crippen molar-refractivity contribution in [1.82, 2.24) is 10.6 Å². The average molecular weight is 286 g/mol. The van der Waals surface area contributed by atoms with Crippen molar-refractivity contribution in [3.8, 4) is 0 Å². The van der Waals surface area contributed by atoms with Crippen LogP contribution in [0, 0.1) is 0 Å². The summed E-state index contributed by atoms with van der Waals surface area (Å²) in [6.45, 7) is 1.35. The van der Waals surface area contributed by atoms with Crippen molar-refractivity contribution < 1.29 is 14.7 Å². The SMILES string of the molecule is CNCCCNC(=O)Nc1ccc(C(=O)O)cc1Cl. The van der Waals surface area contributed by atoms with Gasteiger partial charge in [-0.15, -0.1) is 0 Å². The van der Waals surface area contributed by atoms with Crippen LogP contribution in [0.15, 0.2) is 18.2 Å². The normalized spacial score (nSPS) is 10.0. The minimum atomic E-state index is -1.06. The Morgan fingerprint density at radius 1 is 1.32 bits per heavy atom. The summed E-state index contributed by atoms with van der Waals surface area (Å²) in [5.41, 5.74) is 0.447. The molecule has 0 fully saturated rings. The molecule has 1 rings (SSSR count). The molecule has 0 aliphatic carbocycles. The van der Waals surface area contributed by atoms with Crippen LogP contribution in [-0.2, 0) is 0 Å². The predicted octanol–water partition coefficient (Wildman–Crippen LogP) is 1.77. The van der Waals surface area contributed by atoms with Crippen LogP contribution in [0.5, 0.6) is 0 Å². The van der Waals surface area contributed by atoms with Gasteiger partial charge in [0, 0.05) is 6.54 Å². The van der Waals surface area contributed by atoms with E-state index in [-0.39, 0.29) is 16.6 Å². The van der Waals surface area contributed by atoms with Crippen molar-refractivity contribution in [3.63, 3.8) is 0 Å². The lowest BCUT2D eigenvalue weighted by molar-refractivity contribution is 0.0697. The zero-order valence-electron chi connectivity index (χ0n) is 10.5. The van der Waals surface area contributed by atoms with E-state index in [2.05, 4.69) is 16.0 Å². The predicted molar refractivity (Wildman–Crippen MR) is 74.0 cm³/mol. The van der Waals surface area contributed by atoms with Crippen LogP contribution in [0.2, 0.25) is 5.02 Å². The molecule has 0 bridgehead atoms. The molecule has 1 aromatic rings. The van der Waals surface area contributed by atoms with Crippen LogP contribution in [-0.4, -0.2) is 37.2 Å². The molecule has 0 saturated carbocycles. The smallest absolute Gasteiger partial charge is 0.335 e. The second kappa shape index (κ2) is 7.60. The first-order chi connectivity index (χ1) is 9.04. The van der Waals surface area contributed by atoms with Crippen LogP contribution < -0.4 is 16.0 Å². The summed E-state index contributed by atoms with van der Waals surface area (Å²) in [6, 6.07) is 3.76. The standard InChI is InChI=1S/C12H16ClN3O3/c1-14-5-2-6-15-12(19)16-10-4-3-8(11(17)18)7-9(10)13/h3-4,7,14H,2,5-6H2,1H3,(H,17,18)(H2,15,16,19). The molecule has 0 atom stereocenters. The third-order valence-electron chi connectivity index (χ3n) is 2.35. The summed E-state index contributed by atoms with van der Waals surface area (Å²) in [5, 5.41) is 17.2. The van der Waals surface area contributed by atoms with Crippen LogP contribution in [0.1, 0.15) is 16.8 Å². The number of carbonyl (C=O) groups excluding carboxylic acids is 1. The van der Waals surface area contributed by atoms with Crippen molar-refractivity contribution in [3.05, 3.63) is 28.8 Å². The second-order valence-corrected chi connectivity index (χ2v) is 4.24. The van der Waals surface area contributed by atoms with Gasteiger partial charge in [0.25, 0.3) is 0 Å². The quantitative estimate of drug-likeness (QED) is 0.600. The molecular formula is C12H16ClN3O3. The van der Waals surface area contributed by atoms with Gasteiger partial charge in [0.2, 0.25) is 0 Å². The topological polar surface area (TPSA) is 90.5 Å². The molecule has 0 aromatic heterocycles. The number of aromatic carboxylic acids is 1. The fourth-order valence-corrected chi connectivity index (χ4v) is 1.61. The van der Waals surface area contributed by atoms with E-state index in [1.165, 1.54) is 18.2 Å². The number of nitrogens with one attached hydrogen (secondary N) is 3. The molecule has 0 unspecified atom stereocenters. The molecule has 2 amide bonds. The average Bonchev–Trinajstić information content (AvgIpc) is 2.37. The highest BCUT2D eigenvalue weighted by atomic mass is 35.5. The van der Waals surface area contributed by atoms with Gasteiger partial charge in [0.15, 0.2) is 0 Å². The Morgan fingerprint density at radius 2 is 2.05 bits per heavy atom. The number of carboxylic acid groups (broad SMARTS) is 1. The summed E-state index contributed by atoms with van der Waals surface area (Å²) < 4.78 is 0. The fourth-order valence-electron chi connectivity index (χ4n) is 1.38. The summed E-state index contributed by atoms with van der Waals surface area (Å²) in [6.07, 6.45) is 0.815. The highest BCUT2D eigenvalue weighted by Crippen LogP contribution is 2.22. The van der Waals surface area contributed by atoms with E-state index < -0.39 is 5.97 Å². The first-order valence-electron chi connectivity index (χ1n) is 5.77. The highest BCUT2D eigenvalue weighted by molar-refractivity contribution is 6.34. The first-order valence-corrected chi connectivity index (χ1v) is 6.14. The third kappa shape index (κ3) is 5.15. The fraction of sp³-hybridized carbons (Fsp3) is 0.333. The Labute approximate surface area is 116 Å². The van der Waals surface area contributed by atoms with Gasteiger partial charge >= 0.3 is 12.0 Å². The number of urea groups is 1. The zero-order valence-corrected chi connectivity index (χ0v) is 11.3. The van der Waals surface area contributed by atoms with Crippen LogP contribution >= 0.6 is 11.6 Å². The van der Waals surface area contributed by atoms with E-state index in [1.54, 1.807) is 0 Å². The molecule has 1 aromatic carbocycles. The Bertz CT molecular complexity index is 466. The highest BCUT2D eigenvalue weighted by Gasteiger charge is 2.09.